The zero-order valence-electron chi connectivity index (χ0n) is 11.4. The number of aliphatic hydroxyl groups excluding tert-OH is 1. The van der Waals surface area contributed by atoms with Gasteiger partial charge in [-0.25, -0.2) is 0 Å². The number of halogens is 1. The van der Waals surface area contributed by atoms with Gasteiger partial charge in [-0.15, -0.1) is 0 Å². The summed E-state index contributed by atoms with van der Waals surface area (Å²) in [7, 11) is 0. The molecule has 0 atom stereocenters. The van der Waals surface area contributed by atoms with E-state index in [4.69, 9.17) is 5.11 Å². The minimum absolute atomic E-state index is 0.177. The summed E-state index contributed by atoms with van der Waals surface area (Å²) in [6.45, 7) is 4.34. The van der Waals surface area contributed by atoms with E-state index in [1.807, 2.05) is 6.07 Å². The molecule has 1 fully saturated rings. The topological polar surface area (TPSA) is 72.9 Å². The quantitative estimate of drug-likeness (QED) is 0.782. The van der Waals surface area contributed by atoms with E-state index in [-0.39, 0.29) is 6.61 Å². The third kappa shape index (κ3) is 2.68. The number of nitrogens with zero attached hydrogens (tertiary/aromatic N) is 2. The number of piperazine rings is 1. The summed E-state index contributed by atoms with van der Waals surface area (Å²) in [5.41, 5.74) is 1.99. The zero-order chi connectivity index (χ0) is 15.0. The first-order chi connectivity index (χ1) is 10.1. The summed E-state index contributed by atoms with van der Waals surface area (Å²) in [4.78, 5) is 27.5. The number of fused-ring (bicyclic) bond motifs is 1. The van der Waals surface area contributed by atoms with Crippen LogP contribution in [0.2, 0.25) is 0 Å². The van der Waals surface area contributed by atoms with Crippen molar-refractivity contribution in [1.82, 2.24) is 4.90 Å². The molecule has 3 rings (SSSR count). The van der Waals surface area contributed by atoms with Crippen LogP contribution in [-0.2, 0) is 4.79 Å². The van der Waals surface area contributed by atoms with Gasteiger partial charge in [-0.2, -0.15) is 0 Å². The Bertz CT molecular complexity index is 597. The lowest BCUT2D eigenvalue weighted by Gasteiger charge is -2.36. The maximum absolute atomic E-state index is 11.7. The fraction of sp³-hybridized carbons (Fsp3) is 0.429. The molecule has 0 aliphatic carbocycles. The van der Waals surface area contributed by atoms with Crippen molar-refractivity contribution in [2.75, 3.05) is 49.5 Å². The minimum Gasteiger partial charge on any atom is -0.395 e. The number of nitrogens with one attached hydrogen (secondary N) is 1. The molecule has 0 radical (unpaired) electrons. The lowest BCUT2D eigenvalue weighted by Crippen LogP contribution is -2.47. The molecule has 2 aliphatic heterocycles. The average molecular weight is 354 g/mol. The summed E-state index contributed by atoms with van der Waals surface area (Å²) in [6.07, 6.45) is 0. The highest BCUT2D eigenvalue weighted by atomic mass is 79.9. The van der Waals surface area contributed by atoms with Crippen LogP contribution in [0, 0.1) is 0 Å². The number of carbonyl (C=O) groups excluding carboxylic acids is 2. The largest absolute Gasteiger partial charge is 0.395 e. The first kappa shape index (κ1) is 14.5. The Balaban J connectivity index is 1.80. The second-order valence-electron chi connectivity index (χ2n) is 5.18. The number of anilines is 2. The molecule has 0 saturated carbocycles. The third-order valence-electron chi connectivity index (χ3n) is 3.92. The van der Waals surface area contributed by atoms with Crippen LogP contribution in [0.1, 0.15) is 10.4 Å². The third-order valence-corrected chi connectivity index (χ3v) is 4.55. The molecule has 21 heavy (non-hydrogen) atoms. The molecule has 6 nitrogen and oxygen atoms in total. The highest BCUT2D eigenvalue weighted by Crippen LogP contribution is 2.35. The van der Waals surface area contributed by atoms with Crippen molar-refractivity contribution in [1.29, 1.82) is 0 Å². The van der Waals surface area contributed by atoms with Crippen LogP contribution in [0.4, 0.5) is 11.4 Å². The molecule has 0 bridgehead atoms. The van der Waals surface area contributed by atoms with Gasteiger partial charge in [0.15, 0.2) is 0 Å². The van der Waals surface area contributed by atoms with E-state index >= 15 is 0 Å². The maximum Gasteiger partial charge on any atom is 0.296 e. The van der Waals surface area contributed by atoms with Gasteiger partial charge >= 0.3 is 0 Å². The van der Waals surface area contributed by atoms with E-state index in [0.29, 0.717) is 17.8 Å². The van der Waals surface area contributed by atoms with Crippen molar-refractivity contribution < 1.29 is 14.7 Å². The Morgan fingerprint density at radius 1 is 1.19 bits per heavy atom. The average Bonchev–Trinajstić information content (AvgIpc) is 2.75. The molecule has 1 saturated heterocycles. The number of aliphatic hydroxyl groups is 1. The molecule has 2 heterocycles. The van der Waals surface area contributed by atoms with E-state index in [9.17, 15) is 9.59 Å². The SMILES string of the molecule is O=C1Nc2cc(N3CCN(CCO)CC3)c(Br)cc2C1=O. The summed E-state index contributed by atoms with van der Waals surface area (Å²) in [6, 6.07) is 3.56. The summed E-state index contributed by atoms with van der Waals surface area (Å²) >= 11 is 3.49. The van der Waals surface area contributed by atoms with Gasteiger partial charge < -0.3 is 15.3 Å². The number of hydrogen-bond acceptors (Lipinski definition) is 5. The molecule has 1 aromatic carbocycles. The van der Waals surface area contributed by atoms with E-state index < -0.39 is 11.7 Å². The van der Waals surface area contributed by atoms with Gasteiger partial charge in [0, 0.05) is 37.2 Å². The molecule has 2 N–H and O–H groups in total. The van der Waals surface area contributed by atoms with E-state index in [1.54, 1.807) is 6.07 Å². The summed E-state index contributed by atoms with van der Waals surface area (Å²) < 4.78 is 0.821. The molecule has 0 spiro atoms. The summed E-state index contributed by atoms with van der Waals surface area (Å²) in [5.74, 6) is -1.05. The normalized spacial score (nSPS) is 18.9. The monoisotopic (exact) mass is 353 g/mol. The lowest BCUT2D eigenvalue weighted by atomic mass is 10.1. The van der Waals surface area contributed by atoms with Crippen LogP contribution in [0.15, 0.2) is 16.6 Å². The highest BCUT2D eigenvalue weighted by Gasteiger charge is 2.30. The number of hydrogen-bond donors (Lipinski definition) is 2. The van der Waals surface area contributed by atoms with Crippen molar-refractivity contribution in [3.8, 4) is 0 Å². The standard InChI is InChI=1S/C14H16BrN3O3/c15-10-7-9-11(16-14(21)13(9)20)8-12(10)18-3-1-17(2-4-18)5-6-19/h7-8,19H,1-6H2,(H,16,20,21). The number of Topliss-reactive ketones (excluding diaryl/α,β-unsaturated/α-hetero) is 1. The first-order valence-corrected chi connectivity index (χ1v) is 7.67. The molecule has 0 aromatic heterocycles. The second kappa shape index (κ2) is 5.75. The minimum atomic E-state index is -0.568. The molecule has 1 aromatic rings. The predicted molar refractivity (Wildman–Crippen MR) is 82.8 cm³/mol. The van der Waals surface area contributed by atoms with Gasteiger partial charge in [0.2, 0.25) is 0 Å². The number of amides is 1. The zero-order valence-corrected chi connectivity index (χ0v) is 13.0. The fourth-order valence-corrected chi connectivity index (χ4v) is 3.34. The number of β-amino-alcohol motifs (C(OH)–C–C–N with tert-alkyl or cyclic N) is 1. The molecule has 0 unspecified atom stereocenters. The number of rotatable bonds is 3. The maximum atomic E-state index is 11.7. The van der Waals surface area contributed by atoms with Gasteiger partial charge in [-0.05, 0) is 28.1 Å². The molecule has 2 aliphatic rings. The Kier molecular flexibility index (Phi) is 3.97. The number of benzene rings is 1. The fourth-order valence-electron chi connectivity index (χ4n) is 2.75. The van der Waals surface area contributed by atoms with Crippen molar-refractivity contribution in [2.24, 2.45) is 0 Å². The van der Waals surface area contributed by atoms with E-state index in [2.05, 4.69) is 31.0 Å². The molecule has 7 heteroatoms. The van der Waals surface area contributed by atoms with Crippen LogP contribution in [-0.4, -0.2) is 61.0 Å². The van der Waals surface area contributed by atoms with Crippen molar-refractivity contribution in [3.63, 3.8) is 0 Å². The van der Waals surface area contributed by atoms with Crippen LogP contribution in [0.25, 0.3) is 0 Å². The van der Waals surface area contributed by atoms with E-state index in [0.717, 1.165) is 36.3 Å². The Labute approximate surface area is 130 Å². The molecular formula is C14H16BrN3O3. The van der Waals surface area contributed by atoms with Crippen LogP contribution in [0.3, 0.4) is 0 Å². The van der Waals surface area contributed by atoms with E-state index in [1.165, 1.54) is 0 Å². The lowest BCUT2D eigenvalue weighted by molar-refractivity contribution is -0.112. The van der Waals surface area contributed by atoms with Gasteiger partial charge in [0.25, 0.3) is 11.7 Å². The van der Waals surface area contributed by atoms with Gasteiger partial charge in [0.05, 0.1) is 23.5 Å². The van der Waals surface area contributed by atoms with Gasteiger partial charge in [-0.1, -0.05) is 0 Å². The predicted octanol–water partition coefficient (Wildman–Crippen LogP) is 0.698. The Morgan fingerprint density at radius 3 is 2.57 bits per heavy atom. The van der Waals surface area contributed by atoms with Gasteiger partial charge in [0.1, 0.15) is 0 Å². The van der Waals surface area contributed by atoms with Crippen LogP contribution >= 0.6 is 15.9 Å². The molecule has 112 valence electrons. The number of carbonyl (C=O) groups is 2. The highest BCUT2D eigenvalue weighted by molar-refractivity contribution is 9.10. The van der Waals surface area contributed by atoms with Crippen LogP contribution < -0.4 is 10.2 Å². The van der Waals surface area contributed by atoms with Crippen molar-refractivity contribution in [2.45, 2.75) is 0 Å². The van der Waals surface area contributed by atoms with Crippen LogP contribution in [0.5, 0.6) is 0 Å². The Morgan fingerprint density at radius 2 is 1.90 bits per heavy atom. The smallest absolute Gasteiger partial charge is 0.296 e. The van der Waals surface area contributed by atoms with Gasteiger partial charge in [-0.3, -0.25) is 14.5 Å². The summed E-state index contributed by atoms with van der Waals surface area (Å²) in [5, 5.41) is 11.6. The molecule has 1 amide bonds. The van der Waals surface area contributed by atoms with Crippen molar-refractivity contribution in [3.05, 3.63) is 22.2 Å². The first-order valence-electron chi connectivity index (χ1n) is 6.87. The van der Waals surface area contributed by atoms with Crippen molar-refractivity contribution >= 4 is 39.0 Å². The second-order valence-corrected chi connectivity index (χ2v) is 6.04. The Hall–Kier alpha value is -1.44. The number of ketones is 1. The molecular weight excluding hydrogens is 338 g/mol.